The summed E-state index contributed by atoms with van der Waals surface area (Å²) in [4.78, 5) is 11.7. The van der Waals surface area contributed by atoms with Gasteiger partial charge in [-0.25, -0.2) is 4.98 Å². The van der Waals surface area contributed by atoms with Crippen LogP contribution in [0.2, 0.25) is 0 Å². The molecule has 2 aliphatic heterocycles. The summed E-state index contributed by atoms with van der Waals surface area (Å²) in [6, 6.07) is 1.01. The number of aromatic nitrogens is 2. The van der Waals surface area contributed by atoms with Crippen molar-refractivity contribution in [2.24, 2.45) is 5.73 Å². The average Bonchev–Trinajstić information content (AvgIpc) is 3.08. The van der Waals surface area contributed by atoms with Gasteiger partial charge in [-0.3, -0.25) is 0 Å². The molecule has 0 unspecified atom stereocenters. The van der Waals surface area contributed by atoms with Crippen LogP contribution in [0.4, 0.5) is 24.9 Å². The third-order valence-corrected chi connectivity index (χ3v) is 4.11. The van der Waals surface area contributed by atoms with E-state index in [1.165, 1.54) is 0 Å². The lowest BCUT2D eigenvalue weighted by atomic mass is 10.2. The SMILES string of the molecule is NC[C@@H]1CN(c2cc(C(F)(F)F)nc(N3CCCC3)n2)CCO1. The van der Waals surface area contributed by atoms with Crippen molar-refractivity contribution in [3.63, 3.8) is 0 Å². The number of hydrogen-bond donors (Lipinski definition) is 1. The largest absolute Gasteiger partial charge is 0.433 e. The van der Waals surface area contributed by atoms with E-state index in [0.717, 1.165) is 18.9 Å². The lowest BCUT2D eigenvalue weighted by molar-refractivity contribution is -0.141. The molecule has 128 valence electrons. The number of halogens is 3. The highest BCUT2D eigenvalue weighted by Crippen LogP contribution is 2.32. The van der Waals surface area contributed by atoms with E-state index in [4.69, 9.17) is 10.5 Å². The molecule has 0 aliphatic carbocycles. The van der Waals surface area contributed by atoms with E-state index in [2.05, 4.69) is 9.97 Å². The first-order valence-electron chi connectivity index (χ1n) is 7.75. The number of alkyl halides is 3. The monoisotopic (exact) mass is 331 g/mol. The summed E-state index contributed by atoms with van der Waals surface area (Å²) in [6.07, 6.45) is -2.79. The fraction of sp³-hybridized carbons (Fsp3) is 0.714. The summed E-state index contributed by atoms with van der Waals surface area (Å²) in [5.41, 5.74) is 4.70. The normalized spacial score (nSPS) is 22.7. The van der Waals surface area contributed by atoms with E-state index in [9.17, 15) is 13.2 Å². The van der Waals surface area contributed by atoms with Gasteiger partial charge in [0.1, 0.15) is 5.82 Å². The fourth-order valence-electron chi connectivity index (χ4n) is 2.86. The molecule has 0 saturated carbocycles. The van der Waals surface area contributed by atoms with Crippen molar-refractivity contribution in [1.29, 1.82) is 0 Å². The van der Waals surface area contributed by atoms with Crippen LogP contribution in [0, 0.1) is 0 Å². The molecule has 3 rings (SSSR count). The standard InChI is InChI=1S/C14H20F3N5O/c15-14(16,17)11-7-12(22-5-6-23-10(8-18)9-22)20-13(19-11)21-3-1-2-4-21/h7,10H,1-6,8-9,18H2/t10-/m1/s1. The Labute approximate surface area is 132 Å². The summed E-state index contributed by atoms with van der Waals surface area (Å²) in [6.45, 7) is 3.05. The van der Waals surface area contributed by atoms with Crippen LogP contribution in [0.3, 0.4) is 0 Å². The zero-order valence-electron chi connectivity index (χ0n) is 12.7. The first-order chi connectivity index (χ1) is 11.0. The second kappa shape index (κ2) is 6.48. The third-order valence-electron chi connectivity index (χ3n) is 4.11. The highest BCUT2D eigenvalue weighted by atomic mass is 19.4. The molecule has 23 heavy (non-hydrogen) atoms. The van der Waals surface area contributed by atoms with Crippen molar-refractivity contribution in [2.75, 3.05) is 49.1 Å². The quantitative estimate of drug-likeness (QED) is 0.899. The Balaban J connectivity index is 1.93. The Kier molecular flexibility index (Phi) is 4.58. The molecular weight excluding hydrogens is 311 g/mol. The van der Waals surface area contributed by atoms with Crippen LogP contribution in [0.15, 0.2) is 6.07 Å². The van der Waals surface area contributed by atoms with Crippen molar-refractivity contribution in [1.82, 2.24) is 9.97 Å². The Morgan fingerprint density at radius 3 is 2.57 bits per heavy atom. The van der Waals surface area contributed by atoms with Crippen molar-refractivity contribution in [2.45, 2.75) is 25.1 Å². The fourth-order valence-corrected chi connectivity index (χ4v) is 2.86. The van der Waals surface area contributed by atoms with Crippen molar-refractivity contribution in [3.05, 3.63) is 11.8 Å². The van der Waals surface area contributed by atoms with Crippen LogP contribution in [0.5, 0.6) is 0 Å². The molecule has 6 nitrogen and oxygen atoms in total. The molecule has 3 heterocycles. The number of nitrogens with zero attached hydrogens (tertiary/aromatic N) is 4. The van der Waals surface area contributed by atoms with E-state index in [-0.39, 0.29) is 17.9 Å². The molecule has 9 heteroatoms. The maximum absolute atomic E-state index is 13.2. The summed E-state index contributed by atoms with van der Waals surface area (Å²) in [5.74, 6) is 0.444. The van der Waals surface area contributed by atoms with Gasteiger partial charge in [-0.05, 0) is 12.8 Å². The summed E-state index contributed by atoms with van der Waals surface area (Å²) >= 11 is 0. The molecular formula is C14H20F3N5O. The average molecular weight is 331 g/mol. The number of ether oxygens (including phenoxy) is 1. The molecule has 0 radical (unpaired) electrons. The predicted octanol–water partition coefficient (Wildman–Crippen LogP) is 1.26. The minimum absolute atomic E-state index is 0.156. The Hall–Kier alpha value is -1.61. The second-order valence-electron chi connectivity index (χ2n) is 5.78. The van der Waals surface area contributed by atoms with Crippen molar-refractivity contribution < 1.29 is 17.9 Å². The van der Waals surface area contributed by atoms with E-state index < -0.39 is 11.9 Å². The Morgan fingerprint density at radius 2 is 1.91 bits per heavy atom. The highest BCUT2D eigenvalue weighted by molar-refractivity contribution is 5.47. The summed E-state index contributed by atoms with van der Waals surface area (Å²) < 4.78 is 45.0. The molecule has 0 spiro atoms. The third kappa shape index (κ3) is 3.66. The first-order valence-corrected chi connectivity index (χ1v) is 7.75. The van der Waals surface area contributed by atoms with Gasteiger partial charge in [0.05, 0.1) is 12.7 Å². The van der Waals surface area contributed by atoms with E-state index in [1.54, 1.807) is 9.80 Å². The van der Waals surface area contributed by atoms with Gasteiger partial charge in [0.2, 0.25) is 5.95 Å². The molecule has 0 amide bonds. The topological polar surface area (TPSA) is 67.5 Å². The van der Waals surface area contributed by atoms with Gasteiger partial charge in [-0.2, -0.15) is 18.2 Å². The number of morpholine rings is 1. The molecule has 2 saturated heterocycles. The van der Waals surface area contributed by atoms with Crippen LogP contribution in [-0.4, -0.2) is 55.4 Å². The van der Waals surface area contributed by atoms with Gasteiger partial charge in [0, 0.05) is 38.8 Å². The molecule has 0 bridgehead atoms. The summed E-state index contributed by atoms with van der Waals surface area (Å²) in [5, 5.41) is 0. The van der Waals surface area contributed by atoms with Crippen LogP contribution in [0.25, 0.3) is 0 Å². The van der Waals surface area contributed by atoms with Gasteiger partial charge in [-0.15, -0.1) is 0 Å². The lowest BCUT2D eigenvalue weighted by Gasteiger charge is -2.33. The van der Waals surface area contributed by atoms with Gasteiger partial charge in [-0.1, -0.05) is 0 Å². The van der Waals surface area contributed by atoms with Gasteiger partial charge >= 0.3 is 6.18 Å². The van der Waals surface area contributed by atoms with Gasteiger partial charge in [0.25, 0.3) is 0 Å². The van der Waals surface area contributed by atoms with Gasteiger partial charge < -0.3 is 20.3 Å². The van der Waals surface area contributed by atoms with Crippen molar-refractivity contribution >= 4 is 11.8 Å². The van der Waals surface area contributed by atoms with Gasteiger partial charge in [0.15, 0.2) is 5.69 Å². The number of hydrogen-bond acceptors (Lipinski definition) is 6. The minimum Gasteiger partial charge on any atom is -0.373 e. The maximum atomic E-state index is 13.2. The Morgan fingerprint density at radius 1 is 1.17 bits per heavy atom. The second-order valence-corrected chi connectivity index (χ2v) is 5.78. The zero-order valence-corrected chi connectivity index (χ0v) is 12.7. The molecule has 1 atom stereocenters. The smallest absolute Gasteiger partial charge is 0.373 e. The van der Waals surface area contributed by atoms with Crippen LogP contribution >= 0.6 is 0 Å². The van der Waals surface area contributed by atoms with Crippen molar-refractivity contribution in [3.8, 4) is 0 Å². The predicted molar refractivity (Wildman–Crippen MR) is 79.5 cm³/mol. The first kappa shape index (κ1) is 16.3. The van der Waals surface area contributed by atoms with Crippen LogP contribution < -0.4 is 15.5 Å². The summed E-state index contributed by atoms with van der Waals surface area (Å²) in [7, 11) is 0. The van der Waals surface area contributed by atoms with E-state index >= 15 is 0 Å². The number of rotatable bonds is 3. The van der Waals surface area contributed by atoms with Crippen LogP contribution in [0.1, 0.15) is 18.5 Å². The molecule has 2 aliphatic rings. The molecule has 2 fully saturated rings. The number of anilines is 2. The van der Waals surface area contributed by atoms with E-state index in [0.29, 0.717) is 39.3 Å². The molecule has 1 aromatic heterocycles. The zero-order chi connectivity index (χ0) is 16.4. The number of nitrogens with two attached hydrogens (primary N) is 1. The minimum atomic E-state index is -4.49. The molecule has 0 aromatic carbocycles. The Bertz CT molecular complexity index is 548. The highest BCUT2D eigenvalue weighted by Gasteiger charge is 2.35. The van der Waals surface area contributed by atoms with E-state index in [1.807, 2.05) is 0 Å². The molecule has 2 N–H and O–H groups in total. The maximum Gasteiger partial charge on any atom is 0.433 e. The lowest BCUT2D eigenvalue weighted by Crippen LogP contribution is -2.46. The molecule has 1 aromatic rings. The van der Waals surface area contributed by atoms with Crippen LogP contribution in [-0.2, 0) is 10.9 Å².